The van der Waals surface area contributed by atoms with Crippen molar-refractivity contribution in [3.05, 3.63) is 29.8 Å². The summed E-state index contributed by atoms with van der Waals surface area (Å²) in [6.45, 7) is 0.485. The van der Waals surface area contributed by atoms with Gasteiger partial charge in [-0.3, -0.25) is 14.8 Å². The Morgan fingerprint density at radius 1 is 1.39 bits per heavy atom. The fraction of sp³-hybridized carbons (Fsp3) is 0.333. The van der Waals surface area contributed by atoms with Crippen LogP contribution in [0.15, 0.2) is 24.3 Å². The molecule has 1 aromatic carbocycles. The standard InChI is InChI=1S/C12H14N2O4/c1-13-10(15)6-7-14(13)9-5-3-2-4-8(9)11(16)12(17)18/h2-5,11,16H,6-7H2,1H3,(H,17,18). The number of carbonyl (C=O) groups is 2. The minimum atomic E-state index is -1.59. The second-order valence-electron chi connectivity index (χ2n) is 4.09. The molecule has 0 saturated carbocycles. The van der Waals surface area contributed by atoms with E-state index in [0.717, 1.165) is 0 Å². The van der Waals surface area contributed by atoms with Gasteiger partial charge >= 0.3 is 5.97 Å². The van der Waals surface area contributed by atoms with Crippen molar-refractivity contribution in [2.45, 2.75) is 12.5 Å². The van der Waals surface area contributed by atoms with E-state index in [1.54, 1.807) is 36.3 Å². The van der Waals surface area contributed by atoms with Crippen molar-refractivity contribution in [1.29, 1.82) is 0 Å². The molecule has 18 heavy (non-hydrogen) atoms. The van der Waals surface area contributed by atoms with Crippen molar-refractivity contribution in [2.24, 2.45) is 0 Å². The molecule has 6 nitrogen and oxygen atoms in total. The summed E-state index contributed by atoms with van der Waals surface area (Å²) in [6, 6.07) is 6.63. The van der Waals surface area contributed by atoms with Crippen LogP contribution < -0.4 is 5.01 Å². The van der Waals surface area contributed by atoms with Crippen molar-refractivity contribution < 1.29 is 19.8 Å². The van der Waals surface area contributed by atoms with Gasteiger partial charge in [-0.15, -0.1) is 0 Å². The van der Waals surface area contributed by atoms with E-state index < -0.39 is 12.1 Å². The zero-order valence-corrected chi connectivity index (χ0v) is 9.91. The number of benzene rings is 1. The van der Waals surface area contributed by atoms with Gasteiger partial charge in [0.2, 0.25) is 5.91 Å². The first-order valence-electron chi connectivity index (χ1n) is 5.56. The average Bonchev–Trinajstić information content (AvgIpc) is 2.69. The van der Waals surface area contributed by atoms with E-state index >= 15 is 0 Å². The molecule has 96 valence electrons. The first-order valence-corrected chi connectivity index (χ1v) is 5.56. The number of rotatable bonds is 3. The van der Waals surface area contributed by atoms with Gasteiger partial charge in [-0.05, 0) is 6.07 Å². The molecule has 1 fully saturated rings. The summed E-state index contributed by atoms with van der Waals surface area (Å²) >= 11 is 0. The molecule has 6 heteroatoms. The summed E-state index contributed by atoms with van der Waals surface area (Å²) in [5, 5.41) is 21.6. The maximum absolute atomic E-state index is 11.5. The van der Waals surface area contributed by atoms with Crippen LogP contribution in [-0.4, -0.2) is 40.7 Å². The number of amides is 1. The predicted molar refractivity (Wildman–Crippen MR) is 63.8 cm³/mol. The summed E-state index contributed by atoms with van der Waals surface area (Å²) < 4.78 is 0. The highest BCUT2D eigenvalue weighted by Crippen LogP contribution is 2.29. The van der Waals surface area contributed by atoms with Crippen LogP contribution in [-0.2, 0) is 9.59 Å². The molecule has 2 rings (SSSR count). The van der Waals surface area contributed by atoms with E-state index in [1.165, 1.54) is 5.01 Å². The largest absolute Gasteiger partial charge is 0.479 e. The molecular weight excluding hydrogens is 236 g/mol. The number of carboxylic acids is 1. The van der Waals surface area contributed by atoms with Crippen molar-refractivity contribution in [3.8, 4) is 0 Å². The number of hydrazine groups is 1. The Hall–Kier alpha value is -2.08. The van der Waals surface area contributed by atoms with Gasteiger partial charge in [0.15, 0.2) is 6.10 Å². The highest BCUT2D eigenvalue weighted by Gasteiger charge is 2.29. The second-order valence-corrected chi connectivity index (χ2v) is 4.09. The molecule has 0 aromatic heterocycles. The Kier molecular flexibility index (Phi) is 3.20. The fourth-order valence-corrected chi connectivity index (χ4v) is 2.02. The molecule has 0 radical (unpaired) electrons. The predicted octanol–water partition coefficient (Wildman–Crippen LogP) is 0.388. The van der Waals surface area contributed by atoms with E-state index in [0.29, 0.717) is 18.7 Å². The van der Waals surface area contributed by atoms with Crippen LogP contribution in [0.4, 0.5) is 5.69 Å². The zero-order valence-electron chi connectivity index (χ0n) is 9.91. The third kappa shape index (κ3) is 2.02. The number of aliphatic hydroxyl groups is 1. The SMILES string of the molecule is CN1C(=O)CCN1c1ccccc1C(O)C(=O)O. The van der Waals surface area contributed by atoms with Gasteiger partial charge in [0.1, 0.15) is 0 Å². The lowest BCUT2D eigenvalue weighted by molar-refractivity contribution is -0.146. The van der Waals surface area contributed by atoms with Crippen LogP contribution in [0.5, 0.6) is 0 Å². The molecule has 0 spiro atoms. The lowest BCUT2D eigenvalue weighted by atomic mass is 10.1. The van der Waals surface area contributed by atoms with Crippen molar-refractivity contribution in [2.75, 3.05) is 18.6 Å². The summed E-state index contributed by atoms with van der Waals surface area (Å²) in [4.78, 5) is 22.3. The highest BCUT2D eigenvalue weighted by atomic mass is 16.4. The first-order chi connectivity index (χ1) is 8.52. The quantitative estimate of drug-likeness (QED) is 0.811. The maximum Gasteiger partial charge on any atom is 0.337 e. The number of anilines is 1. The molecule has 0 bridgehead atoms. The van der Waals surface area contributed by atoms with Crippen LogP contribution in [0.3, 0.4) is 0 Å². The number of para-hydroxylation sites is 1. The van der Waals surface area contributed by atoms with Gasteiger partial charge in [0.05, 0.1) is 5.69 Å². The Labute approximate surface area is 104 Å². The fourth-order valence-electron chi connectivity index (χ4n) is 2.02. The third-order valence-electron chi connectivity index (χ3n) is 3.00. The molecule has 1 aliphatic rings. The summed E-state index contributed by atoms with van der Waals surface area (Å²) in [6.07, 6.45) is -1.21. The lowest BCUT2D eigenvalue weighted by Gasteiger charge is -2.28. The lowest BCUT2D eigenvalue weighted by Crippen LogP contribution is -2.36. The van der Waals surface area contributed by atoms with E-state index in [9.17, 15) is 14.7 Å². The van der Waals surface area contributed by atoms with E-state index in [-0.39, 0.29) is 11.5 Å². The molecule has 1 amide bonds. The topological polar surface area (TPSA) is 81.1 Å². The Balaban J connectivity index is 2.39. The van der Waals surface area contributed by atoms with Crippen LogP contribution in [0.2, 0.25) is 0 Å². The van der Waals surface area contributed by atoms with E-state index in [1.807, 2.05) is 0 Å². The average molecular weight is 250 g/mol. The Bertz CT molecular complexity index is 489. The molecule has 1 unspecified atom stereocenters. The molecule has 1 atom stereocenters. The molecule has 0 aliphatic carbocycles. The number of hydrogen-bond acceptors (Lipinski definition) is 4. The number of aliphatic carboxylic acids is 1. The minimum absolute atomic E-state index is 0.0328. The van der Waals surface area contributed by atoms with Gasteiger partial charge in [0, 0.05) is 25.6 Å². The molecule has 1 aliphatic heterocycles. The maximum atomic E-state index is 11.5. The van der Waals surface area contributed by atoms with Gasteiger partial charge in [-0.2, -0.15) is 0 Å². The summed E-state index contributed by atoms with van der Waals surface area (Å²) in [5.74, 6) is -1.34. The second kappa shape index (κ2) is 4.66. The van der Waals surface area contributed by atoms with Crippen LogP contribution in [0, 0.1) is 0 Å². The van der Waals surface area contributed by atoms with Crippen molar-refractivity contribution in [3.63, 3.8) is 0 Å². The van der Waals surface area contributed by atoms with Gasteiger partial charge in [-0.1, -0.05) is 18.2 Å². The Morgan fingerprint density at radius 2 is 2.06 bits per heavy atom. The van der Waals surface area contributed by atoms with Gasteiger partial charge in [0.25, 0.3) is 0 Å². The number of carboxylic acid groups (broad SMARTS) is 1. The van der Waals surface area contributed by atoms with E-state index in [2.05, 4.69) is 0 Å². The molecule has 1 saturated heterocycles. The molecule has 1 heterocycles. The van der Waals surface area contributed by atoms with E-state index in [4.69, 9.17) is 5.11 Å². The van der Waals surface area contributed by atoms with Gasteiger partial charge in [-0.25, -0.2) is 4.79 Å². The monoisotopic (exact) mass is 250 g/mol. The van der Waals surface area contributed by atoms with Crippen LogP contribution in [0.25, 0.3) is 0 Å². The number of carbonyl (C=O) groups excluding carboxylic acids is 1. The number of hydrogen-bond donors (Lipinski definition) is 2. The highest BCUT2D eigenvalue weighted by molar-refractivity contribution is 5.83. The smallest absolute Gasteiger partial charge is 0.337 e. The minimum Gasteiger partial charge on any atom is -0.479 e. The molecular formula is C12H14N2O4. The summed E-state index contributed by atoms with van der Waals surface area (Å²) in [7, 11) is 1.62. The first kappa shape index (κ1) is 12.4. The van der Waals surface area contributed by atoms with Crippen LogP contribution >= 0.6 is 0 Å². The molecule has 1 aromatic rings. The normalized spacial score (nSPS) is 17.1. The third-order valence-corrected chi connectivity index (χ3v) is 3.00. The van der Waals surface area contributed by atoms with Crippen molar-refractivity contribution in [1.82, 2.24) is 5.01 Å². The van der Waals surface area contributed by atoms with Crippen LogP contribution in [0.1, 0.15) is 18.1 Å². The Morgan fingerprint density at radius 3 is 2.61 bits per heavy atom. The summed E-state index contributed by atoms with van der Waals surface area (Å²) in [5.41, 5.74) is 0.826. The van der Waals surface area contributed by atoms with Gasteiger partial charge < -0.3 is 10.2 Å². The zero-order chi connectivity index (χ0) is 13.3. The number of aliphatic hydroxyl groups excluding tert-OH is 1. The van der Waals surface area contributed by atoms with Crippen molar-refractivity contribution >= 4 is 17.6 Å². The number of nitrogens with zero attached hydrogens (tertiary/aromatic N) is 2. The molecule has 2 N–H and O–H groups in total.